The lowest BCUT2D eigenvalue weighted by Gasteiger charge is -2.09. The van der Waals surface area contributed by atoms with E-state index in [0.717, 1.165) is 25.9 Å². The average Bonchev–Trinajstić information content (AvgIpc) is 2.90. The molecule has 0 saturated carbocycles. The third kappa shape index (κ3) is 5.06. The molecule has 0 radical (unpaired) electrons. The number of thiophene rings is 1. The number of rotatable bonds is 5. The van der Waals surface area contributed by atoms with Crippen LogP contribution in [-0.2, 0) is 11.2 Å². The molecule has 0 aliphatic carbocycles. The minimum absolute atomic E-state index is 0. The topological polar surface area (TPSA) is 41.1 Å². The molecule has 2 heterocycles. The maximum Gasteiger partial charge on any atom is 0.221 e. The Morgan fingerprint density at radius 3 is 3.12 bits per heavy atom. The van der Waals surface area contributed by atoms with Gasteiger partial charge >= 0.3 is 0 Å². The van der Waals surface area contributed by atoms with Gasteiger partial charge in [-0.3, -0.25) is 4.79 Å². The molecule has 1 aliphatic rings. The first-order valence-corrected chi connectivity index (χ1v) is 6.80. The Morgan fingerprint density at radius 2 is 2.47 bits per heavy atom. The lowest BCUT2D eigenvalue weighted by Crippen LogP contribution is -2.32. The SMILES string of the molecule is Cl.O=C(CC1CCCN1)NCCc1ccsc1. The summed E-state index contributed by atoms with van der Waals surface area (Å²) in [5.41, 5.74) is 1.31. The molecule has 0 aromatic carbocycles. The van der Waals surface area contributed by atoms with Crippen LogP contribution in [0.2, 0.25) is 0 Å². The van der Waals surface area contributed by atoms with Gasteiger partial charge < -0.3 is 10.6 Å². The number of amides is 1. The van der Waals surface area contributed by atoms with Crippen LogP contribution in [0.25, 0.3) is 0 Å². The zero-order chi connectivity index (χ0) is 11.2. The number of halogens is 1. The third-order valence-electron chi connectivity index (χ3n) is 2.91. The molecule has 2 N–H and O–H groups in total. The minimum atomic E-state index is 0. The summed E-state index contributed by atoms with van der Waals surface area (Å²) < 4.78 is 0. The van der Waals surface area contributed by atoms with Gasteiger partial charge in [-0.1, -0.05) is 0 Å². The van der Waals surface area contributed by atoms with E-state index in [1.165, 1.54) is 12.0 Å². The second kappa shape index (κ2) is 7.69. The van der Waals surface area contributed by atoms with Gasteiger partial charge in [0.1, 0.15) is 0 Å². The van der Waals surface area contributed by atoms with Crippen molar-refractivity contribution in [3.05, 3.63) is 22.4 Å². The molecule has 1 amide bonds. The number of nitrogens with one attached hydrogen (secondary N) is 2. The van der Waals surface area contributed by atoms with Crippen molar-refractivity contribution in [2.45, 2.75) is 31.7 Å². The fraction of sp³-hybridized carbons (Fsp3) is 0.583. The Bertz CT molecular complexity index is 323. The molecule has 17 heavy (non-hydrogen) atoms. The van der Waals surface area contributed by atoms with Crippen molar-refractivity contribution in [2.75, 3.05) is 13.1 Å². The fourth-order valence-corrected chi connectivity index (χ4v) is 2.71. The predicted molar refractivity (Wildman–Crippen MR) is 73.9 cm³/mol. The van der Waals surface area contributed by atoms with Crippen molar-refractivity contribution in [3.8, 4) is 0 Å². The van der Waals surface area contributed by atoms with Crippen LogP contribution >= 0.6 is 23.7 Å². The first-order valence-electron chi connectivity index (χ1n) is 5.86. The summed E-state index contributed by atoms with van der Waals surface area (Å²) in [7, 11) is 0. The van der Waals surface area contributed by atoms with Crippen molar-refractivity contribution in [1.82, 2.24) is 10.6 Å². The lowest BCUT2D eigenvalue weighted by atomic mass is 10.1. The van der Waals surface area contributed by atoms with Crippen molar-refractivity contribution >= 4 is 29.7 Å². The summed E-state index contributed by atoms with van der Waals surface area (Å²) in [4.78, 5) is 11.6. The van der Waals surface area contributed by atoms with Crippen molar-refractivity contribution < 1.29 is 4.79 Å². The van der Waals surface area contributed by atoms with Crippen LogP contribution in [0.4, 0.5) is 0 Å². The minimum Gasteiger partial charge on any atom is -0.356 e. The molecule has 2 rings (SSSR count). The lowest BCUT2D eigenvalue weighted by molar-refractivity contribution is -0.121. The Hall–Kier alpha value is -0.580. The molecule has 5 heteroatoms. The molecule has 96 valence electrons. The predicted octanol–water partition coefficient (Wildman–Crippen LogP) is 1.97. The van der Waals surface area contributed by atoms with E-state index < -0.39 is 0 Å². The van der Waals surface area contributed by atoms with Gasteiger partial charge in [0, 0.05) is 19.0 Å². The Kier molecular flexibility index (Phi) is 6.55. The highest BCUT2D eigenvalue weighted by Crippen LogP contribution is 2.08. The highest BCUT2D eigenvalue weighted by Gasteiger charge is 2.16. The Morgan fingerprint density at radius 1 is 1.59 bits per heavy atom. The van der Waals surface area contributed by atoms with E-state index >= 15 is 0 Å². The number of carbonyl (C=O) groups is 1. The van der Waals surface area contributed by atoms with Crippen LogP contribution in [-0.4, -0.2) is 25.0 Å². The second-order valence-corrected chi connectivity index (χ2v) is 5.01. The third-order valence-corrected chi connectivity index (χ3v) is 3.64. The van der Waals surface area contributed by atoms with E-state index in [1.807, 2.05) is 0 Å². The molecule has 1 aromatic rings. The molecule has 1 aromatic heterocycles. The molecule has 1 unspecified atom stereocenters. The maximum absolute atomic E-state index is 11.6. The van der Waals surface area contributed by atoms with Gasteiger partial charge in [0.15, 0.2) is 0 Å². The standard InChI is InChI=1S/C12H18N2OS.ClH/c15-12(8-11-2-1-5-13-11)14-6-3-10-4-7-16-9-10;/h4,7,9,11,13H,1-3,5-6,8H2,(H,14,15);1H. The van der Waals surface area contributed by atoms with Gasteiger partial charge in [-0.15, -0.1) is 12.4 Å². The second-order valence-electron chi connectivity index (χ2n) is 4.23. The van der Waals surface area contributed by atoms with E-state index in [-0.39, 0.29) is 18.3 Å². The van der Waals surface area contributed by atoms with Crippen molar-refractivity contribution in [2.24, 2.45) is 0 Å². The van der Waals surface area contributed by atoms with Crippen LogP contribution in [0.5, 0.6) is 0 Å². The van der Waals surface area contributed by atoms with Crippen molar-refractivity contribution in [3.63, 3.8) is 0 Å². The largest absolute Gasteiger partial charge is 0.356 e. The number of carbonyl (C=O) groups excluding carboxylic acids is 1. The average molecular weight is 275 g/mol. The molecule has 1 atom stereocenters. The molecular formula is C12H19ClN2OS. The van der Waals surface area contributed by atoms with Crippen molar-refractivity contribution in [1.29, 1.82) is 0 Å². The maximum atomic E-state index is 11.6. The Labute approximate surface area is 112 Å². The van der Waals surface area contributed by atoms with Gasteiger partial charge in [-0.25, -0.2) is 0 Å². The van der Waals surface area contributed by atoms with Gasteiger partial charge in [0.05, 0.1) is 0 Å². The normalized spacial score (nSPS) is 18.7. The molecule has 0 bridgehead atoms. The van der Waals surface area contributed by atoms with Gasteiger partial charge in [-0.2, -0.15) is 11.3 Å². The smallest absolute Gasteiger partial charge is 0.221 e. The monoisotopic (exact) mass is 274 g/mol. The highest BCUT2D eigenvalue weighted by atomic mass is 35.5. The van der Waals surface area contributed by atoms with Gasteiger partial charge in [-0.05, 0) is 48.2 Å². The summed E-state index contributed by atoms with van der Waals surface area (Å²) in [6, 6.07) is 2.51. The van der Waals surface area contributed by atoms with E-state index in [9.17, 15) is 4.79 Å². The van der Waals surface area contributed by atoms with Gasteiger partial charge in [0.25, 0.3) is 0 Å². The molecule has 1 aliphatic heterocycles. The summed E-state index contributed by atoms with van der Waals surface area (Å²) >= 11 is 1.70. The summed E-state index contributed by atoms with van der Waals surface area (Å²) in [6.07, 6.45) is 3.90. The van der Waals surface area contributed by atoms with Crippen LogP contribution in [0.3, 0.4) is 0 Å². The fourth-order valence-electron chi connectivity index (χ4n) is 2.01. The molecule has 3 nitrogen and oxygen atoms in total. The van der Waals surface area contributed by atoms with Crippen LogP contribution in [0.15, 0.2) is 16.8 Å². The molecule has 1 saturated heterocycles. The summed E-state index contributed by atoms with van der Waals surface area (Å²) in [5, 5.41) is 10.5. The molecular weight excluding hydrogens is 256 g/mol. The van der Waals surface area contributed by atoms with E-state index in [4.69, 9.17) is 0 Å². The van der Waals surface area contributed by atoms with E-state index in [1.54, 1.807) is 11.3 Å². The number of hydrogen-bond donors (Lipinski definition) is 2. The highest BCUT2D eigenvalue weighted by molar-refractivity contribution is 7.07. The molecule has 0 spiro atoms. The van der Waals surface area contributed by atoms with E-state index in [0.29, 0.717) is 12.5 Å². The number of hydrogen-bond acceptors (Lipinski definition) is 3. The zero-order valence-electron chi connectivity index (χ0n) is 9.78. The first-order chi connectivity index (χ1) is 7.84. The van der Waals surface area contributed by atoms with Crippen LogP contribution in [0, 0.1) is 0 Å². The molecule has 1 fully saturated rings. The van der Waals surface area contributed by atoms with E-state index in [2.05, 4.69) is 27.5 Å². The summed E-state index contributed by atoms with van der Waals surface area (Å²) in [6.45, 7) is 1.81. The summed E-state index contributed by atoms with van der Waals surface area (Å²) in [5.74, 6) is 0.176. The first kappa shape index (κ1) is 14.5. The zero-order valence-corrected chi connectivity index (χ0v) is 11.4. The quantitative estimate of drug-likeness (QED) is 0.862. The van der Waals surface area contributed by atoms with Crippen LogP contribution < -0.4 is 10.6 Å². The Balaban J connectivity index is 0.00000144. The van der Waals surface area contributed by atoms with Gasteiger partial charge in [0.2, 0.25) is 5.91 Å². The van der Waals surface area contributed by atoms with Crippen LogP contribution in [0.1, 0.15) is 24.8 Å².